The summed E-state index contributed by atoms with van der Waals surface area (Å²) in [4.78, 5) is 0. The Morgan fingerprint density at radius 2 is 2.40 bits per heavy atom. The summed E-state index contributed by atoms with van der Waals surface area (Å²) >= 11 is 0. The highest BCUT2D eigenvalue weighted by Gasteiger charge is 2.07. The molecule has 3 nitrogen and oxygen atoms in total. The molecule has 2 heterocycles. The Balaban J connectivity index is 2.27. The molecule has 0 unspecified atom stereocenters. The molecule has 0 fully saturated rings. The number of allylic oxidation sites excluding steroid dienone is 3. The van der Waals surface area contributed by atoms with E-state index >= 15 is 0 Å². The van der Waals surface area contributed by atoms with E-state index in [2.05, 4.69) is 10.7 Å². The van der Waals surface area contributed by atoms with Crippen molar-refractivity contribution in [2.75, 3.05) is 6.67 Å². The zero-order chi connectivity index (χ0) is 6.81. The second kappa shape index (κ2) is 2.19. The minimum atomic E-state index is 0.793. The monoisotopic (exact) mass is 135 g/mol. The van der Waals surface area contributed by atoms with Crippen LogP contribution in [0.25, 0.3) is 0 Å². The van der Waals surface area contributed by atoms with Gasteiger partial charge >= 0.3 is 0 Å². The first-order valence-electron chi connectivity index (χ1n) is 3.28. The molecule has 52 valence electrons. The lowest BCUT2D eigenvalue weighted by Gasteiger charge is -2.28. The van der Waals surface area contributed by atoms with Gasteiger partial charge in [-0.25, -0.2) is 5.43 Å². The first-order valence-corrected chi connectivity index (χ1v) is 3.28. The normalized spacial score (nSPS) is 21.6. The lowest BCUT2D eigenvalue weighted by atomic mass is 10.3. The molecular formula is C7H9N3. The molecule has 2 N–H and O–H groups in total. The largest absolute Gasteiger partial charge is 0.375 e. The van der Waals surface area contributed by atoms with E-state index < -0.39 is 0 Å². The molecule has 10 heavy (non-hydrogen) atoms. The van der Waals surface area contributed by atoms with Gasteiger partial charge in [-0.05, 0) is 12.2 Å². The molecule has 2 rings (SSSR count). The fourth-order valence-electron chi connectivity index (χ4n) is 1.00. The number of rotatable bonds is 0. The van der Waals surface area contributed by atoms with Crippen LogP contribution < -0.4 is 10.7 Å². The second-order valence-electron chi connectivity index (χ2n) is 2.18. The Kier molecular flexibility index (Phi) is 1.22. The van der Waals surface area contributed by atoms with Crippen molar-refractivity contribution in [2.24, 2.45) is 0 Å². The van der Waals surface area contributed by atoms with Crippen LogP contribution >= 0.6 is 0 Å². The highest BCUT2D eigenvalue weighted by molar-refractivity contribution is 5.27. The molecule has 0 spiro atoms. The summed E-state index contributed by atoms with van der Waals surface area (Å²) in [5.41, 5.74) is 4.28. The van der Waals surface area contributed by atoms with Gasteiger partial charge in [0.25, 0.3) is 0 Å². The number of nitrogens with one attached hydrogen (secondary N) is 2. The maximum Gasteiger partial charge on any atom is 0.0829 e. The highest BCUT2D eigenvalue weighted by atomic mass is 15.5. The highest BCUT2D eigenvalue weighted by Crippen LogP contribution is 2.09. The molecule has 2 aliphatic rings. The van der Waals surface area contributed by atoms with Crippen molar-refractivity contribution in [1.82, 2.24) is 15.8 Å². The summed E-state index contributed by atoms with van der Waals surface area (Å²) in [7, 11) is 0. The quantitative estimate of drug-likeness (QED) is 0.499. The van der Waals surface area contributed by atoms with Gasteiger partial charge in [0.15, 0.2) is 0 Å². The van der Waals surface area contributed by atoms with Crippen LogP contribution in [0.5, 0.6) is 0 Å². The minimum Gasteiger partial charge on any atom is -0.375 e. The molecule has 0 saturated heterocycles. The van der Waals surface area contributed by atoms with Gasteiger partial charge in [0.1, 0.15) is 0 Å². The fraction of sp³-hybridized carbons (Fsp3) is 0.143. The standard InChI is InChI=1S/C7H9N3/c1-2-4-10-7(3-1)5-8-6-9-10/h1-5,8-9H,6H2. The zero-order valence-corrected chi connectivity index (χ0v) is 5.54. The molecule has 0 atom stereocenters. The molecule has 0 aliphatic carbocycles. The Morgan fingerprint density at radius 1 is 1.40 bits per heavy atom. The van der Waals surface area contributed by atoms with Gasteiger partial charge < -0.3 is 5.32 Å². The van der Waals surface area contributed by atoms with E-state index in [0.717, 1.165) is 12.4 Å². The third-order valence-electron chi connectivity index (χ3n) is 1.49. The van der Waals surface area contributed by atoms with E-state index in [4.69, 9.17) is 0 Å². The first kappa shape index (κ1) is 5.56. The van der Waals surface area contributed by atoms with Gasteiger partial charge in [0.05, 0.1) is 12.4 Å². The molecule has 0 aromatic heterocycles. The maximum atomic E-state index is 3.14. The van der Waals surface area contributed by atoms with Crippen LogP contribution in [0.15, 0.2) is 36.3 Å². The van der Waals surface area contributed by atoms with Crippen LogP contribution in [-0.2, 0) is 0 Å². The summed E-state index contributed by atoms with van der Waals surface area (Å²) < 4.78 is 0. The van der Waals surface area contributed by atoms with Crippen LogP contribution in [0.2, 0.25) is 0 Å². The van der Waals surface area contributed by atoms with Crippen molar-refractivity contribution in [1.29, 1.82) is 0 Å². The topological polar surface area (TPSA) is 27.3 Å². The van der Waals surface area contributed by atoms with E-state index in [1.165, 1.54) is 0 Å². The van der Waals surface area contributed by atoms with Crippen LogP contribution in [0.3, 0.4) is 0 Å². The summed E-state index contributed by atoms with van der Waals surface area (Å²) in [5, 5.41) is 5.07. The summed E-state index contributed by atoms with van der Waals surface area (Å²) in [6, 6.07) is 0. The molecule has 0 bridgehead atoms. The second-order valence-corrected chi connectivity index (χ2v) is 2.18. The van der Waals surface area contributed by atoms with Crippen molar-refractivity contribution in [3.8, 4) is 0 Å². The van der Waals surface area contributed by atoms with Crippen molar-refractivity contribution < 1.29 is 0 Å². The van der Waals surface area contributed by atoms with Crippen LogP contribution in [0.4, 0.5) is 0 Å². The van der Waals surface area contributed by atoms with Crippen molar-refractivity contribution in [3.63, 3.8) is 0 Å². The van der Waals surface area contributed by atoms with E-state index in [1.807, 2.05) is 35.6 Å². The van der Waals surface area contributed by atoms with Crippen molar-refractivity contribution in [3.05, 3.63) is 36.3 Å². The smallest absolute Gasteiger partial charge is 0.0829 e. The fourth-order valence-corrected chi connectivity index (χ4v) is 1.00. The molecule has 0 saturated carbocycles. The summed E-state index contributed by atoms with van der Waals surface area (Å²) in [6.45, 7) is 0.793. The molecule has 3 heteroatoms. The van der Waals surface area contributed by atoms with E-state index in [9.17, 15) is 0 Å². The number of hydrogen-bond donors (Lipinski definition) is 2. The lowest BCUT2D eigenvalue weighted by molar-refractivity contribution is 0.314. The van der Waals surface area contributed by atoms with E-state index in [1.54, 1.807) is 0 Å². The minimum absolute atomic E-state index is 0.793. The number of hydrogen-bond acceptors (Lipinski definition) is 3. The molecular weight excluding hydrogens is 126 g/mol. The SMILES string of the molecule is C1=CC2=CNCNN2C=C1. The van der Waals surface area contributed by atoms with Crippen LogP contribution in [-0.4, -0.2) is 11.7 Å². The molecule has 0 amide bonds. The molecule has 0 aromatic carbocycles. The van der Waals surface area contributed by atoms with Gasteiger partial charge in [0.2, 0.25) is 0 Å². The molecule has 2 aliphatic heterocycles. The average molecular weight is 135 g/mol. The molecule has 0 aromatic rings. The third-order valence-corrected chi connectivity index (χ3v) is 1.49. The van der Waals surface area contributed by atoms with Gasteiger partial charge in [-0.2, -0.15) is 0 Å². The molecule has 0 radical (unpaired) electrons. The Bertz CT molecular complexity index is 215. The van der Waals surface area contributed by atoms with Crippen LogP contribution in [0, 0.1) is 0 Å². The first-order chi connectivity index (χ1) is 4.97. The number of hydrazine groups is 1. The van der Waals surface area contributed by atoms with Gasteiger partial charge in [-0.3, -0.25) is 5.01 Å². The zero-order valence-electron chi connectivity index (χ0n) is 5.54. The Hall–Kier alpha value is -1.22. The maximum absolute atomic E-state index is 3.14. The summed E-state index contributed by atoms with van der Waals surface area (Å²) in [6.07, 6.45) is 10.0. The number of nitrogens with zero attached hydrogens (tertiary/aromatic N) is 1. The van der Waals surface area contributed by atoms with E-state index in [-0.39, 0.29) is 0 Å². The van der Waals surface area contributed by atoms with Crippen molar-refractivity contribution in [2.45, 2.75) is 0 Å². The predicted octanol–water partition coefficient (Wildman–Crippen LogP) is 0.279. The van der Waals surface area contributed by atoms with Gasteiger partial charge in [-0.1, -0.05) is 6.08 Å². The third kappa shape index (κ3) is 0.804. The average Bonchev–Trinajstić information content (AvgIpc) is 2.05. The van der Waals surface area contributed by atoms with Gasteiger partial charge in [0, 0.05) is 12.4 Å². The van der Waals surface area contributed by atoms with Gasteiger partial charge in [-0.15, -0.1) is 0 Å². The summed E-state index contributed by atoms with van der Waals surface area (Å²) in [5.74, 6) is 0. The van der Waals surface area contributed by atoms with Crippen molar-refractivity contribution >= 4 is 0 Å². The lowest BCUT2D eigenvalue weighted by Crippen LogP contribution is -2.42. The van der Waals surface area contributed by atoms with Crippen LogP contribution in [0.1, 0.15) is 0 Å². The van der Waals surface area contributed by atoms with E-state index in [0.29, 0.717) is 0 Å². The Labute approximate surface area is 59.7 Å². The predicted molar refractivity (Wildman–Crippen MR) is 39.3 cm³/mol. The number of fused-ring (bicyclic) bond motifs is 1. The Morgan fingerprint density at radius 3 is 3.30 bits per heavy atom.